The molecule has 0 saturated heterocycles. The average Bonchev–Trinajstić information content (AvgIpc) is 2.25. The standard InChI is InChI=1S/C13H21N/c1-3-8-13(14-11-4-2)12-9-6-5-7-10-12/h2-3,12-14H,1,5-11H2. The lowest BCUT2D eigenvalue weighted by Crippen LogP contribution is -2.37. The van der Waals surface area contributed by atoms with E-state index in [1.54, 1.807) is 0 Å². The monoisotopic (exact) mass is 191 g/mol. The summed E-state index contributed by atoms with van der Waals surface area (Å²) < 4.78 is 0. The van der Waals surface area contributed by atoms with Crippen LogP contribution in [0.2, 0.25) is 0 Å². The molecule has 0 radical (unpaired) electrons. The Labute approximate surface area is 88.0 Å². The van der Waals surface area contributed by atoms with Gasteiger partial charge in [-0.25, -0.2) is 0 Å². The van der Waals surface area contributed by atoms with E-state index in [1.807, 2.05) is 6.08 Å². The van der Waals surface area contributed by atoms with Gasteiger partial charge in [0.25, 0.3) is 0 Å². The molecule has 1 N–H and O–H groups in total. The largest absolute Gasteiger partial charge is 0.303 e. The maximum atomic E-state index is 5.26. The summed E-state index contributed by atoms with van der Waals surface area (Å²) >= 11 is 0. The molecule has 1 nitrogen and oxygen atoms in total. The summed E-state index contributed by atoms with van der Waals surface area (Å²) in [6.45, 7) is 4.50. The van der Waals surface area contributed by atoms with E-state index in [2.05, 4.69) is 17.8 Å². The Morgan fingerprint density at radius 2 is 2.14 bits per heavy atom. The zero-order chi connectivity index (χ0) is 10.2. The van der Waals surface area contributed by atoms with Gasteiger partial charge in [0, 0.05) is 6.04 Å². The van der Waals surface area contributed by atoms with Gasteiger partial charge < -0.3 is 5.32 Å². The van der Waals surface area contributed by atoms with Crippen LogP contribution >= 0.6 is 0 Å². The van der Waals surface area contributed by atoms with Crippen molar-refractivity contribution in [1.29, 1.82) is 0 Å². The average molecular weight is 191 g/mol. The minimum Gasteiger partial charge on any atom is -0.303 e. The minimum absolute atomic E-state index is 0.559. The predicted octanol–water partition coefficient (Wildman–Crippen LogP) is 2.73. The molecule has 0 heterocycles. The van der Waals surface area contributed by atoms with Gasteiger partial charge in [0.15, 0.2) is 0 Å². The molecule has 1 fully saturated rings. The molecule has 0 aromatic heterocycles. The highest BCUT2D eigenvalue weighted by Gasteiger charge is 2.21. The normalized spacial score (nSPS) is 19.9. The van der Waals surface area contributed by atoms with Crippen molar-refractivity contribution < 1.29 is 0 Å². The molecule has 0 spiro atoms. The highest BCUT2D eigenvalue weighted by atomic mass is 14.9. The molecule has 0 aromatic rings. The van der Waals surface area contributed by atoms with Crippen LogP contribution in [0.1, 0.15) is 38.5 Å². The van der Waals surface area contributed by atoms with Crippen molar-refractivity contribution in [1.82, 2.24) is 5.32 Å². The quantitative estimate of drug-likeness (QED) is 0.520. The van der Waals surface area contributed by atoms with Gasteiger partial charge in [-0.15, -0.1) is 13.0 Å². The summed E-state index contributed by atoms with van der Waals surface area (Å²) in [5.74, 6) is 3.47. The van der Waals surface area contributed by atoms with Gasteiger partial charge in [0.1, 0.15) is 0 Å². The Balaban J connectivity index is 2.38. The Morgan fingerprint density at radius 3 is 2.71 bits per heavy atom. The van der Waals surface area contributed by atoms with Gasteiger partial charge in [0.05, 0.1) is 6.54 Å². The molecule has 78 valence electrons. The number of nitrogens with one attached hydrogen (secondary N) is 1. The Morgan fingerprint density at radius 1 is 1.43 bits per heavy atom. The number of hydrogen-bond donors (Lipinski definition) is 1. The first-order valence-electron chi connectivity index (χ1n) is 5.66. The van der Waals surface area contributed by atoms with E-state index in [0.29, 0.717) is 12.6 Å². The third-order valence-electron chi connectivity index (χ3n) is 3.11. The second-order valence-corrected chi connectivity index (χ2v) is 4.11. The molecule has 1 aliphatic carbocycles. The Hall–Kier alpha value is -0.740. The Kier molecular flexibility index (Phi) is 5.40. The number of terminal acetylenes is 1. The van der Waals surface area contributed by atoms with Gasteiger partial charge >= 0.3 is 0 Å². The summed E-state index contributed by atoms with van der Waals surface area (Å²) in [5, 5.41) is 3.43. The van der Waals surface area contributed by atoms with Crippen molar-refractivity contribution in [2.75, 3.05) is 6.54 Å². The summed E-state index contributed by atoms with van der Waals surface area (Å²) in [6, 6.07) is 0.559. The highest BCUT2D eigenvalue weighted by molar-refractivity contribution is 4.92. The molecule has 1 atom stereocenters. The fraction of sp³-hybridized carbons (Fsp3) is 0.692. The first-order valence-corrected chi connectivity index (χ1v) is 5.66. The zero-order valence-electron chi connectivity index (χ0n) is 8.97. The van der Waals surface area contributed by atoms with Crippen molar-refractivity contribution in [2.24, 2.45) is 5.92 Å². The van der Waals surface area contributed by atoms with Gasteiger partial charge in [0.2, 0.25) is 0 Å². The minimum atomic E-state index is 0.559. The van der Waals surface area contributed by atoms with Gasteiger partial charge in [-0.3, -0.25) is 0 Å². The van der Waals surface area contributed by atoms with Gasteiger partial charge in [-0.05, 0) is 25.2 Å². The van der Waals surface area contributed by atoms with Crippen LogP contribution in [-0.2, 0) is 0 Å². The Bertz CT molecular complexity index is 196. The molecule has 1 rings (SSSR count). The first kappa shape index (κ1) is 11.3. The van der Waals surface area contributed by atoms with Gasteiger partial charge in [-0.2, -0.15) is 0 Å². The van der Waals surface area contributed by atoms with Crippen molar-refractivity contribution in [2.45, 2.75) is 44.6 Å². The van der Waals surface area contributed by atoms with Crippen LogP contribution in [0.4, 0.5) is 0 Å². The van der Waals surface area contributed by atoms with Crippen molar-refractivity contribution in [3.8, 4) is 12.3 Å². The van der Waals surface area contributed by atoms with Crippen LogP contribution in [0.5, 0.6) is 0 Å². The van der Waals surface area contributed by atoms with Crippen LogP contribution in [0.25, 0.3) is 0 Å². The third kappa shape index (κ3) is 3.55. The van der Waals surface area contributed by atoms with Crippen LogP contribution in [-0.4, -0.2) is 12.6 Å². The van der Waals surface area contributed by atoms with E-state index in [0.717, 1.165) is 12.3 Å². The molecular formula is C13H21N. The molecule has 1 aliphatic rings. The summed E-state index contributed by atoms with van der Waals surface area (Å²) in [6.07, 6.45) is 15.2. The first-order chi connectivity index (χ1) is 6.88. The lowest BCUT2D eigenvalue weighted by molar-refractivity contribution is 0.275. The second-order valence-electron chi connectivity index (χ2n) is 4.11. The second kappa shape index (κ2) is 6.68. The van der Waals surface area contributed by atoms with Crippen molar-refractivity contribution in [3.05, 3.63) is 12.7 Å². The van der Waals surface area contributed by atoms with Crippen LogP contribution in [0.3, 0.4) is 0 Å². The molecule has 1 heteroatoms. The molecule has 0 amide bonds. The number of hydrogen-bond acceptors (Lipinski definition) is 1. The van der Waals surface area contributed by atoms with E-state index in [9.17, 15) is 0 Å². The van der Waals surface area contributed by atoms with E-state index >= 15 is 0 Å². The molecule has 1 saturated carbocycles. The van der Waals surface area contributed by atoms with Crippen molar-refractivity contribution in [3.63, 3.8) is 0 Å². The van der Waals surface area contributed by atoms with E-state index in [4.69, 9.17) is 6.42 Å². The van der Waals surface area contributed by atoms with Crippen LogP contribution < -0.4 is 5.32 Å². The summed E-state index contributed by atoms with van der Waals surface area (Å²) in [7, 11) is 0. The van der Waals surface area contributed by atoms with Crippen LogP contribution in [0, 0.1) is 18.3 Å². The molecule has 0 aromatic carbocycles. The SMILES string of the molecule is C#CCNC(CC=C)C1CCCCC1. The summed E-state index contributed by atoms with van der Waals surface area (Å²) in [4.78, 5) is 0. The fourth-order valence-electron chi connectivity index (χ4n) is 2.35. The molecule has 0 aliphatic heterocycles. The molecule has 1 unspecified atom stereocenters. The summed E-state index contributed by atoms with van der Waals surface area (Å²) in [5.41, 5.74) is 0. The molecule has 0 bridgehead atoms. The predicted molar refractivity (Wildman–Crippen MR) is 62.0 cm³/mol. The van der Waals surface area contributed by atoms with Crippen molar-refractivity contribution >= 4 is 0 Å². The van der Waals surface area contributed by atoms with E-state index in [-0.39, 0.29) is 0 Å². The highest BCUT2D eigenvalue weighted by Crippen LogP contribution is 2.27. The maximum absolute atomic E-state index is 5.26. The van der Waals surface area contributed by atoms with E-state index < -0.39 is 0 Å². The maximum Gasteiger partial charge on any atom is 0.0576 e. The fourth-order valence-corrected chi connectivity index (χ4v) is 2.35. The smallest absolute Gasteiger partial charge is 0.0576 e. The number of rotatable bonds is 5. The molecular weight excluding hydrogens is 170 g/mol. The lowest BCUT2D eigenvalue weighted by atomic mass is 9.82. The molecule has 14 heavy (non-hydrogen) atoms. The topological polar surface area (TPSA) is 12.0 Å². The van der Waals surface area contributed by atoms with Gasteiger partial charge in [-0.1, -0.05) is 31.3 Å². The lowest BCUT2D eigenvalue weighted by Gasteiger charge is -2.30. The van der Waals surface area contributed by atoms with Crippen LogP contribution in [0.15, 0.2) is 12.7 Å². The van der Waals surface area contributed by atoms with E-state index in [1.165, 1.54) is 32.1 Å². The zero-order valence-corrected chi connectivity index (χ0v) is 8.97. The third-order valence-corrected chi connectivity index (χ3v) is 3.11.